The summed E-state index contributed by atoms with van der Waals surface area (Å²) in [7, 11) is 0. The van der Waals surface area contributed by atoms with Crippen LogP contribution in [-0.2, 0) is 0 Å². The van der Waals surface area contributed by atoms with Gasteiger partial charge < -0.3 is 19.2 Å². The maximum Gasteiger partial charge on any atom is 0.291 e. The second-order valence-corrected chi connectivity index (χ2v) is 6.58. The Morgan fingerprint density at radius 1 is 0.963 bits per heavy atom. The van der Waals surface area contributed by atoms with Gasteiger partial charge in [-0.1, -0.05) is 17.7 Å². The molecule has 27 heavy (non-hydrogen) atoms. The summed E-state index contributed by atoms with van der Waals surface area (Å²) in [5.41, 5.74) is 1.69. The van der Waals surface area contributed by atoms with Crippen molar-refractivity contribution in [2.24, 2.45) is 0 Å². The number of pyridine rings is 1. The molecular formula is C20H13ClN2O4. The molecule has 134 valence electrons. The number of fused-ring (bicyclic) bond motifs is 3. The van der Waals surface area contributed by atoms with Gasteiger partial charge in [0.15, 0.2) is 17.3 Å². The van der Waals surface area contributed by atoms with E-state index in [1.165, 1.54) is 0 Å². The molecule has 0 saturated carbocycles. The number of furan rings is 1. The lowest BCUT2D eigenvalue weighted by Crippen LogP contribution is -2.16. The molecule has 3 heterocycles. The van der Waals surface area contributed by atoms with Crippen LogP contribution in [0.4, 0.5) is 5.69 Å². The van der Waals surface area contributed by atoms with Gasteiger partial charge in [0.1, 0.15) is 13.2 Å². The number of rotatable bonds is 2. The fourth-order valence-corrected chi connectivity index (χ4v) is 3.19. The molecule has 0 fully saturated rings. The first-order valence-corrected chi connectivity index (χ1v) is 8.74. The fourth-order valence-electron chi connectivity index (χ4n) is 3.02. The van der Waals surface area contributed by atoms with E-state index in [9.17, 15) is 4.79 Å². The Hall–Kier alpha value is -3.25. The van der Waals surface area contributed by atoms with Crippen LogP contribution >= 0.6 is 11.6 Å². The average Bonchev–Trinajstić information content (AvgIpc) is 3.09. The number of aromatic nitrogens is 1. The van der Waals surface area contributed by atoms with Crippen LogP contribution in [0.1, 0.15) is 10.6 Å². The van der Waals surface area contributed by atoms with Gasteiger partial charge in [-0.2, -0.15) is 0 Å². The van der Waals surface area contributed by atoms with Crippen molar-refractivity contribution >= 4 is 45.2 Å². The Labute approximate surface area is 158 Å². The van der Waals surface area contributed by atoms with Crippen molar-refractivity contribution in [3.8, 4) is 11.5 Å². The lowest BCUT2D eigenvalue weighted by Gasteiger charge is -2.18. The predicted molar refractivity (Wildman–Crippen MR) is 102 cm³/mol. The monoisotopic (exact) mass is 380 g/mol. The quantitative estimate of drug-likeness (QED) is 0.547. The summed E-state index contributed by atoms with van der Waals surface area (Å²) >= 11 is 6.01. The maximum absolute atomic E-state index is 12.6. The molecule has 1 N–H and O–H groups in total. The number of hydrogen-bond donors (Lipinski definition) is 1. The Morgan fingerprint density at radius 3 is 2.70 bits per heavy atom. The molecular weight excluding hydrogens is 368 g/mol. The van der Waals surface area contributed by atoms with Gasteiger partial charge in [-0.05, 0) is 36.4 Å². The molecule has 2 aromatic heterocycles. The Bertz CT molecular complexity index is 1200. The van der Waals surface area contributed by atoms with Gasteiger partial charge in [0.05, 0.1) is 5.52 Å². The van der Waals surface area contributed by atoms with Crippen molar-refractivity contribution in [3.63, 3.8) is 0 Å². The van der Waals surface area contributed by atoms with Crippen molar-refractivity contribution in [1.82, 2.24) is 4.98 Å². The van der Waals surface area contributed by atoms with Crippen LogP contribution in [0.3, 0.4) is 0 Å². The summed E-state index contributed by atoms with van der Waals surface area (Å²) in [6.45, 7) is 1.00. The zero-order valence-corrected chi connectivity index (χ0v) is 14.7. The Morgan fingerprint density at radius 2 is 1.81 bits per heavy atom. The maximum atomic E-state index is 12.6. The van der Waals surface area contributed by atoms with Gasteiger partial charge in [-0.15, -0.1) is 0 Å². The van der Waals surface area contributed by atoms with Crippen molar-refractivity contribution in [2.75, 3.05) is 18.5 Å². The lowest BCUT2D eigenvalue weighted by molar-refractivity contribution is 0.0998. The smallest absolute Gasteiger partial charge is 0.291 e. The predicted octanol–water partition coefficient (Wildman–Crippen LogP) is 4.66. The van der Waals surface area contributed by atoms with Crippen LogP contribution < -0.4 is 14.8 Å². The number of halogens is 1. The van der Waals surface area contributed by atoms with Gasteiger partial charge >= 0.3 is 0 Å². The van der Waals surface area contributed by atoms with Crippen LogP contribution in [0.15, 0.2) is 52.9 Å². The molecule has 0 aliphatic carbocycles. The first-order chi connectivity index (χ1) is 13.2. The number of nitrogens with one attached hydrogen (secondary N) is 1. The summed E-state index contributed by atoms with van der Waals surface area (Å²) < 4.78 is 16.7. The van der Waals surface area contributed by atoms with Crippen molar-refractivity contribution in [2.45, 2.75) is 0 Å². The first kappa shape index (κ1) is 16.0. The molecule has 0 saturated heterocycles. The SMILES string of the molecule is O=C(Nc1ccc2c(c1)OCCO2)c1cc2cc3ccc(Cl)cc3nc2o1. The third kappa shape index (κ3) is 2.94. The first-order valence-electron chi connectivity index (χ1n) is 8.36. The van der Waals surface area contributed by atoms with Crippen LogP contribution in [0, 0.1) is 0 Å². The molecule has 1 amide bonds. The number of carbonyl (C=O) groups is 1. The summed E-state index contributed by atoms with van der Waals surface area (Å²) in [5, 5.41) is 5.07. The van der Waals surface area contributed by atoms with Gasteiger partial charge in [0.2, 0.25) is 5.71 Å². The molecule has 7 heteroatoms. The highest BCUT2D eigenvalue weighted by molar-refractivity contribution is 6.31. The highest BCUT2D eigenvalue weighted by atomic mass is 35.5. The van der Waals surface area contributed by atoms with E-state index < -0.39 is 0 Å². The number of amides is 1. The van der Waals surface area contributed by atoms with Gasteiger partial charge in [-0.25, -0.2) is 4.98 Å². The van der Waals surface area contributed by atoms with E-state index in [-0.39, 0.29) is 11.7 Å². The molecule has 0 atom stereocenters. The summed E-state index contributed by atoms with van der Waals surface area (Å²) in [4.78, 5) is 17.0. The topological polar surface area (TPSA) is 73.6 Å². The fraction of sp³-hybridized carbons (Fsp3) is 0.100. The number of ether oxygens (including phenoxy) is 2. The molecule has 1 aliphatic heterocycles. The van der Waals surface area contributed by atoms with Crippen LogP contribution in [0.2, 0.25) is 5.02 Å². The number of carbonyl (C=O) groups excluding carboxylic acids is 1. The van der Waals surface area contributed by atoms with Crippen LogP contribution in [0.25, 0.3) is 22.0 Å². The number of benzene rings is 2. The van der Waals surface area contributed by atoms with Gasteiger partial charge in [-0.3, -0.25) is 4.79 Å². The second-order valence-electron chi connectivity index (χ2n) is 6.14. The highest BCUT2D eigenvalue weighted by Crippen LogP contribution is 2.33. The molecule has 5 rings (SSSR count). The minimum absolute atomic E-state index is 0.175. The molecule has 0 bridgehead atoms. The number of anilines is 1. The standard InChI is InChI=1S/C20H13ClN2O4/c21-13-2-1-11-7-12-8-18(27-20(12)23-15(11)9-13)19(24)22-14-3-4-16-17(10-14)26-6-5-25-16/h1-4,7-10H,5-6H2,(H,22,24). The average molecular weight is 381 g/mol. The summed E-state index contributed by atoms with van der Waals surface area (Å²) in [6, 6.07) is 14.3. The molecule has 0 spiro atoms. The lowest BCUT2D eigenvalue weighted by atomic mass is 10.2. The van der Waals surface area contributed by atoms with Gasteiger partial charge in [0.25, 0.3) is 5.91 Å². The largest absolute Gasteiger partial charge is 0.486 e. The van der Waals surface area contributed by atoms with Crippen molar-refractivity contribution < 1.29 is 18.7 Å². The number of nitrogens with zero attached hydrogens (tertiary/aromatic N) is 1. The molecule has 6 nitrogen and oxygen atoms in total. The van der Waals surface area contributed by atoms with E-state index in [1.54, 1.807) is 36.4 Å². The van der Waals surface area contributed by atoms with Gasteiger partial charge in [0, 0.05) is 27.5 Å². The minimum atomic E-state index is -0.369. The summed E-state index contributed by atoms with van der Waals surface area (Å²) in [5.74, 6) is 1.08. The number of hydrogen-bond acceptors (Lipinski definition) is 5. The van der Waals surface area contributed by atoms with E-state index in [0.717, 1.165) is 10.8 Å². The molecule has 1 aliphatic rings. The second kappa shape index (κ2) is 6.17. The van der Waals surface area contributed by atoms with Crippen LogP contribution in [-0.4, -0.2) is 24.1 Å². The molecule has 0 radical (unpaired) electrons. The zero-order chi connectivity index (χ0) is 18.4. The third-order valence-electron chi connectivity index (χ3n) is 4.29. The molecule has 2 aromatic carbocycles. The van der Waals surface area contributed by atoms with E-state index in [0.29, 0.717) is 46.7 Å². The van der Waals surface area contributed by atoms with Crippen molar-refractivity contribution in [3.05, 3.63) is 59.3 Å². The van der Waals surface area contributed by atoms with Crippen LogP contribution in [0.5, 0.6) is 11.5 Å². The van der Waals surface area contributed by atoms with Crippen molar-refractivity contribution in [1.29, 1.82) is 0 Å². The molecule has 0 unspecified atom stereocenters. The zero-order valence-electron chi connectivity index (χ0n) is 14.0. The third-order valence-corrected chi connectivity index (χ3v) is 4.52. The van der Waals surface area contributed by atoms with E-state index in [4.69, 9.17) is 25.5 Å². The normalized spacial score (nSPS) is 13.1. The van der Waals surface area contributed by atoms with E-state index in [1.807, 2.05) is 12.1 Å². The molecule has 4 aromatic rings. The van der Waals surface area contributed by atoms with E-state index in [2.05, 4.69) is 10.3 Å². The van der Waals surface area contributed by atoms with E-state index >= 15 is 0 Å². The minimum Gasteiger partial charge on any atom is -0.486 e. The highest BCUT2D eigenvalue weighted by Gasteiger charge is 2.16. The Balaban J connectivity index is 1.45. The summed E-state index contributed by atoms with van der Waals surface area (Å²) in [6.07, 6.45) is 0. The Kier molecular flexibility index (Phi) is 3.65.